The first-order valence-electron chi connectivity index (χ1n) is 5.47. The minimum atomic E-state index is -0.642. The van der Waals surface area contributed by atoms with E-state index in [0.29, 0.717) is 6.54 Å². The molecule has 1 amide bonds. The van der Waals surface area contributed by atoms with Crippen molar-refractivity contribution in [3.63, 3.8) is 0 Å². The average molecular weight is 242 g/mol. The summed E-state index contributed by atoms with van der Waals surface area (Å²) in [5.41, 5.74) is -0.125. The van der Waals surface area contributed by atoms with Gasteiger partial charge in [0.25, 0.3) is 0 Å². The number of anilines is 1. The van der Waals surface area contributed by atoms with Crippen LogP contribution in [-0.4, -0.2) is 18.5 Å². The number of hydrogen-bond acceptors (Lipinski definition) is 2. The average Bonchev–Trinajstić information content (AvgIpc) is 2.23. The van der Waals surface area contributed by atoms with Crippen molar-refractivity contribution in [3.8, 4) is 0 Å². The number of benzene rings is 1. The van der Waals surface area contributed by atoms with Crippen molar-refractivity contribution in [1.82, 2.24) is 5.32 Å². The highest BCUT2D eigenvalue weighted by Gasteiger charge is 2.08. The van der Waals surface area contributed by atoms with Crippen LogP contribution in [0, 0.1) is 11.6 Å². The Morgan fingerprint density at radius 2 is 2.06 bits per heavy atom. The minimum Gasteiger partial charge on any atom is -0.323 e. The third kappa shape index (κ3) is 4.91. The topological polar surface area (TPSA) is 41.1 Å². The number of nitrogens with one attached hydrogen (secondary N) is 2. The maximum Gasteiger partial charge on any atom is 0.225 e. The van der Waals surface area contributed by atoms with Gasteiger partial charge in [-0.25, -0.2) is 8.78 Å². The predicted octanol–water partition coefficient (Wildman–Crippen LogP) is 2.29. The minimum absolute atomic E-state index is 0.125. The molecule has 5 heteroatoms. The molecule has 0 aliphatic rings. The van der Waals surface area contributed by atoms with E-state index in [2.05, 4.69) is 10.6 Å². The smallest absolute Gasteiger partial charge is 0.225 e. The van der Waals surface area contributed by atoms with Crippen molar-refractivity contribution in [3.05, 3.63) is 29.8 Å². The first-order chi connectivity index (χ1) is 7.99. The van der Waals surface area contributed by atoms with E-state index >= 15 is 0 Å². The van der Waals surface area contributed by atoms with Gasteiger partial charge >= 0.3 is 0 Å². The maximum absolute atomic E-state index is 13.2. The van der Waals surface area contributed by atoms with Crippen LogP contribution in [0.4, 0.5) is 14.5 Å². The summed E-state index contributed by atoms with van der Waals surface area (Å²) >= 11 is 0. The van der Waals surface area contributed by atoms with Gasteiger partial charge in [0.05, 0.1) is 5.69 Å². The van der Waals surface area contributed by atoms with Crippen molar-refractivity contribution in [2.24, 2.45) is 0 Å². The fourth-order valence-electron chi connectivity index (χ4n) is 1.28. The fourth-order valence-corrected chi connectivity index (χ4v) is 1.28. The summed E-state index contributed by atoms with van der Waals surface area (Å²) in [4.78, 5) is 11.4. The quantitative estimate of drug-likeness (QED) is 0.831. The van der Waals surface area contributed by atoms with Crippen LogP contribution < -0.4 is 10.6 Å². The summed E-state index contributed by atoms with van der Waals surface area (Å²) in [5.74, 6) is -1.57. The number of amides is 1. The molecule has 3 nitrogen and oxygen atoms in total. The molecule has 0 spiro atoms. The third-order valence-electron chi connectivity index (χ3n) is 2.11. The Morgan fingerprint density at radius 3 is 2.71 bits per heavy atom. The second kappa shape index (κ2) is 6.30. The van der Waals surface area contributed by atoms with Gasteiger partial charge in [-0.1, -0.05) is 13.8 Å². The highest BCUT2D eigenvalue weighted by atomic mass is 19.1. The van der Waals surface area contributed by atoms with Gasteiger partial charge in [0.1, 0.15) is 11.6 Å². The molecule has 0 radical (unpaired) electrons. The van der Waals surface area contributed by atoms with Crippen molar-refractivity contribution >= 4 is 11.6 Å². The molecule has 94 valence electrons. The molecule has 0 heterocycles. The van der Waals surface area contributed by atoms with Crippen LogP contribution in [0.5, 0.6) is 0 Å². The van der Waals surface area contributed by atoms with Gasteiger partial charge in [0.15, 0.2) is 0 Å². The van der Waals surface area contributed by atoms with Gasteiger partial charge in [0.2, 0.25) is 5.91 Å². The summed E-state index contributed by atoms with van der Waals surface area (Å²) in [5, 5.41) is 5.39. The lowest BCUT2D eigenvalue weighted by Gasteiger charge is -2.09. The highest BCUT2D eigenvalue weighted by Crippen LogP contribution is 2.15. The van der Waals surface area contributed by atoms with E-state index < -0.39 is 11.6 Å². The summed E-state index contributed by atoms with van der Waals surface area (Å²) in [6, 6.07) is 3.24. The molecule has 0 bridgehead atoms. The molecular weight excluding hydrogens is 226 g/mol. The number of rotatable bonds is 5. The van der Waals surface area contributed by atoms with Gasteiger partial charge in [-0.05, 0) is 12.1 Å². The van der Waals surface area contributed by atoms with E-state index in [1.165, 1.54) is 0 Å². The molecule has 0 unspecified atom stereocenters. The summed E-state index contributed by atoms with van der Waals surface area (Å²) in [6.07, 6.45) is 0.216. The van der Waals surface area contributed by atoms with E-state index in [0.717, 1.165) is 18.2 Å². The first kappa shape index (κ1) is 13.6. The largest absolute Gasteiger partial charge is 0.323 e. The van der Waals surface area contributed by atoms with Crippen molar-refractivity contribution in [1.29, 1.82) is 0 Å². The number of hydrogen-bond donors (Lipinski definition) is 2. The van der Waals surface area contributed by atoms with Crippen molar-refractivity contribution in [2.75, 3.05) is 11.9 Å². The van der Waals surface area contributed by atoms with Crippen molar-refractivity contribution in [2.45, 2.75) is 26.3 Å². The van der Waals surface area contributed by atoms with E-state index in [9.17, 15) is 13.6 Å². The maximum atomic E-state index is 13.2. The van der Waals surface area contributed by atoms with Gasteiger partial charge in [-0.2, -0.15) is 0 Å². The monoisotopic (exact) mass is 242 g/mol. The molecule has 0 fully saturated rings. The van der Waals surface area contributed by atoms with Crippen LogP contribution in [0.2, 0.25) is 0 Å². The van der Waals surface area contributed by atoms with Gasteiger partial charge in [0, 0.05) is 25.1 Å². The molecule has 1 rings (SSSR count). The zero-order valence-electron chi connectivity index (χ0n) is 9.89. The normalized spacial score (nSPS) is 10.6. The fraction of sp³-hybridized carbons (Fsp3) is 0.417. The number of carbonyl (C=O) groups excluding carboxylic acids is 1. The Kier molecular flexibility index (Phi) is 5.03. The molecule has 2 N–H and O–H groups in total. The van der Waals surface area contributed by atoms with Gasteiger partial charge in [-0.15, -0.1) is 0 Å². The Labute approximate surface area is 99.2 Å². The lowest BCUT2D eigenvalue weighted by atomic mass is 10.2. The SMILES string of the molecule is CC(C)NCCC(=O)Nc1cc(F)ccc1F. The molecule has 0 saturated carbocycles. The summed E-state index contributed by atoms with van der Waals surface area (Å²) in [7, 11) is 0. The van der Waals surface area contributed by atoms with Crippen molar-refractivity contribution < 1.29 is 13.6 Å². The molecule has 0 saturated heterocycles. The van der Waals surface area contributed by atoms with E-state index in [1.54, 1.807) is 0 Å². The third-order valence-corrected chi connectivity index (χ3v) is 2.11. The van der Waals surface area contributed by atoms with Crippen LogP contribution in [0.1, 0.15) is 20.3 Å². The number of halogens is 2. The molecule has 0 aliphatic heterocycles. The predicted molar refractivity (Wildman–Crippen MR) is 62.7 cm³/mol. The second-order valence-corrected chi connectivity index (χ2v) is 4.03. The first-order valence-corrected chi connectivity index (χ1v) is 5.47. The molecule has 0 aliphatic carbocycles. The van der Waals surface area contributed by atoms with Crippen LogP contribution in [-0.2, 0) is 4.79 Å². The van der Waals surface area contributed by atoms with Crippen LogP contribution in [0.15, 0.2) is 18.2 Å². The molecule has 1 aromatic rings. The zero-order chi connectivity index (χ0) is 12.8. The summed E-state index contributed by atoms with van der Waals surface area (Å²) in [6.45, 7) is 4.43. The Hall–Kier alpha value is -1.49. The van der Waals surface area contributed by atoms with Gasteiger partial charge < -0.3 is 10.6 Å². The van der Waals surface area contributed by atoms with E-state index in [-0.39, 0.29) is 24.1 Å². The van der Waals surface area contributed by atoms with Crippen LogP contribution in [0.25, 0.3) is 0 Å². The lowest BCUT2D eigenvalue weighted by Crippen LogP contribution is -2.27. The molecular formula is C12H16F2N2O. The van der Waals surface area contributed by atoms with Crippen LogP contribution in [0.3, 0.4) is 0 Å². The molecule has 17 heavy (non-hydrogen) atoms. The highest BCUT2D eigenvalue weighted by molar-refractivity contribution is 5.90. The standard InChI is InChI=1S/C12H16F2N2O/c1-8(2)15-6-5-12(17)16-11-7-9(13)3-4-10(11)14/h3-4,7-8,15H,5-6H2,1-2H3,(H,16,17). The Bertz CT molecular complexity index is 394. The van der Waals surface area contributed by atoms with E-state index in [1.807, 2.05) is 13.8 Å². The molecule has 0 atom stereocenters. The Balaban J connectivity index is 2.47. The van der Waals surface area contributed by atoms with Gasteiger partial charge in [-0.3, -0.25) is 4.79 Å². The zero-order valence-corrected chi connectivity index (χ0v) is 9.89. The van der Waals surface area contributed by atoms with E-state index in [4.69, 9.17) is 0 Å². The summed E-state index contributed by atoms with van der Waals surface area (Å²) < 4.78 is 26.0. The lowest BCUT2D eigenvalue weighted by molar-refractivity contribution is -0.116. The van der Waals surface area contributed by atoms with Crippen LogP contribution >= 0.6 is 0 Å². The molecule has 1 aromatic carbocycles. The number of carbonyl (C=O) groups is 1. The molecule has 0 aromatic heterocycles. The second-order valence-electron chi connectivity index (χ2n) is 4.03. The Morgan fingerprint density at radius 1 is 1.35 bits per heavy atom.